The summed E-state index contributed by atoms with van der Waals surface area (Å²) in [5.41, 5.74) is 0. The van der Waals surface area contributed by atoms with Gasteiger partial charge in [-0.1, -0.05) is 0 Å². The Labute approximate surface area is 103 Å². The van der Waals surface area contributed by atoms with Crippen molar-refractivity contribution in [3.8, 4) is 0 Å². The molecule has 1 aliphatic carbocycles. The maximum atomic E-state index is 11.5. The Morgan fingerprint density at radius 1 is 1.41 bits per heavy atom. The highest BCUT2D eigenvalue weighted by Crippen LogP contribution is 2.28. The van der Waals surface area contributed by atoms with E-state index in [9.17, 15) is 13.2 Å². The van der Waals surface area contributed by atoms with Crippen molar-refractivity contribution in [1.82, 2.24) is 14.9 Å². The highest BCUT2D eigenvalue weighted by Gasteiger charge is 2.34. The number of sulfonamides is 1. The lowest BCUT2D eigenvalue weighted by Gasteiger charge is -2.19. The molecule has 0 bridgehead atoms. The van der Waals surface area contributed by atoms with Crippen molar-refractivity contribution in [2.75, 3.05) is 19.3 Å². The molecule has 2 amide bonds. The molecule has 17 heavy (non-hydrogen) atoms. The van der Waals surface area contributed by atoms with Gasteiger partial charge in [0.25, 0.3) is 0 Å². The van der Waals surface area contributed by atoms with E-state index in [1.807, 2.05) is 13.8 Å². The second kappa shape index (κ2) is 5.68. The molecular formula is C10H21N3O3S. The first-order chi connectivity index (χ1) is 7.80. The van der Waals surface area contributed by atoms with Crippen molar-refractivity contribution in [2.24, 2.45) is 0 Å². The summed E-state index contributed by atoms with van der Waals surface area (Å²) in [6, 6.07) is -0.0475. The van der Waals surface area contributed by atoms with E-state index >= 15 is 0 Å². The number of rotatable bonds is 6. The van der Waals surface area contributed by atoms with Crippen molar-refractivity contribution in [2.45, 2.75) is 38.8 Å². The van der Waals surface area contributed by atoms with E-state index in [1.54, 1.807) is 0 Å². The van der Waals surface area contributed by atoms with Gasteiger partial charge in [0.1, 0.15) is 0 Å². The van der Waals surface area contributed by atoms with Crippen LogP contribution in [-0.2, 0) is 10.0 Å². The third kappa shape index (κ3) is 5.36. The van der Waals surface area contributed by atoms with Crippen molar-refractivity contribution in [3.05, 3.63) is 0 Å². The zero-order chi connectivity index (χ0) is 13.1. The Morgan fingerprint density at radius 2 is 2.00 bits per heavy atom. The molecule has 2 N–H and O–H groups in total. The van der Waals surface area contributed by atoms with Crippen LogP contribution in [0.3, 0.4) is 0 Å². The van der Waals surface area contributed by atoms with Gasteiger partial charge in [0, 0.05) is 25.2 Å². The van der Waals surface area contributed by atoms with Crippen LogP contribution in [-0.4, -0.2) is 50.2 Å². The zero-order valence-corrected chi connectivity index (χ0v) is 11.4. The quantitative estimate of drug-likeness (QED) is 0.714. The molecule has 1 fully saturated rings. The van der Waals surface area contributed by atoms with Gasteiger partial charge in [-0.05, 0) is 26.7 Å². The van der Waals surface area contributed by atoms with E-state index < -0.39 is 10.0 Å². The Bertz CT molecular complexity index is 363. The highest BCUT2D eigenvalue weighted by atomic mass is 32.2. The summed E-state index contributed by atoms with van der Waals surface area (Å²) in [4.78, 5) is 11.3. The van der Waals surface area contributed by atoms with Gasteiger partial charge in [-0.2, -0.15) is 4.31 Å². The lowest BCUT2D eigenvalue weighted by atomic mass is 10.4. The molecule has 0 aliphatic heterocycles. The zero-order valence-electron chi connectivity index (χ0n) is 10.6. The number of amides is 2. The van der Waals surface area contributed by atoms with Crippen molar-refractivity contribution < 1.29 is 13.2 Å². The van der Waals surface area contributed by atoms with Crippen LogP contribution in [0.25, 0.3) is 0 Å². The maximum Gasteiger partial charge on any atom is 0.315 e. The average molecular weight is 263 g/mol. The molecule has 0 saturated heterocycles. The fourth-order valence-corrected chi connectivity index (χ4v) is 2.75. The summed E-state index contributed by atoms with van der Waals surface area (Å²) in [6.07, 6.45) is 3.05. The van der Waals surface area contributed by atoms with E-state index in [1.165, 1.54) is 10.6 Å². The molecule has 7 heteroatoms. The minimum Gasteiger partial charge on any atom is -0.337 e. The lowest BCUT2D eigenvalue weighted by Crippen LogP contribution is -2.44. The third-order valence-electron chi connectivity index (χ3n) is 2.42. The first-order valence-electron chi connectivity index (χ1n) is 5.82. The van der Waals surface area contributed by atoms with Crippen molar-refractivity contribution in [3.63, 3.8) is 0 Å². The number of urea groups is 1. The molecule has 1 saturated carbocycles. The standard InChI is InChI=1S/C10H21N3O3S/c1-8(2)12-10(14)11-6-7-13(9-4-5-9)17(3,15)16/h8-9H,4-7H2,1-3H3,(H2,11,12,14). The molecule has 1 aliphatic rings. The van der Waals surface area contributed by atoms with Gasteiger partial charge in [0.05, 0.1) is 6.26 Å². The Hall–Kier alpha value is -0.820. The van der Waals surface area contributed by atoms with Crippen molar-refractivity contribution >= 4 is 16.1 Å². The number of hydrogen-bond donors (Lipinski definition) is 2. The average Bonchev–Trinajstić information content (AvgIpc) is 2.92. The number of nitrogens with zero attached hydrogens (tertiary/aromatic N) is 1. The second-order valence-corrected chi connectivity index (χ2v) is 6.59. The monoisotopic (exact) mass is 263 g/mol. The van der Waals surface area contributed by atoms with E-state index in [-0.39, 0.29) is 18.1 Å². The van der Waals surface area contributed by atoms with E-state index in [0.717, 1.165) is 12.8 Å². The molecular weight excluding hydrogens is 242 g/mol. The SMILES string of the molecule is CC(C)NC(=O)NCCN(C1CC1)S(C)(=O)=O. The second-order valence-electron chi connectivity index (χ2n) is 4.66. The molecule has 0 radical (unpaired) electrons. The molecule has 6 nitrogen and oxygen atoms in total. The van der Waals surface area contributed by atoms with E-state index in [2.05, 4.69) is 10.6 Å². The summed E-state index contributed by atoms with van der Waals surface area (Å²) in [7, 11) is -3.16. The molecule has 0 spiro atoms. The predicted molar refractivity (Wildman–Crippen MR) is 66.2 cm³/mol. The summed E-state index contributed by atoms with van der Waals surface area (Å²) in [5, 5.41) is 5.33. The van der Waals surface area contributed by atoms with Crippen LogP contribution in [0, 0.1) is 0 Å². The predicted octanol–water partition coefficient (Wildman–Crippen LogP) is 0.118. The summed E-state index contributed by atoms with van der Waals surface area (Å²) in [6.45, 7) is 4.41. The van der Waals surface area contributed by atoms with Crippen LogP contribution in [0.15, 0.2) is 0 Å². The smallest absolute Gasteiger partial charge is 0.315 e. The minimum atomic E-state index is -3.16. The molecule has 0 heterocycles. The topological polar surface area (TPSA) is 78.5 Å². The molecule has 0 aromatic rings. The van der Waals surface area contributed by atoms with Crippen molar-refractivity contribution in [1.29, 1.82) is 0 Å². The van der Waals surface area contributed by atoms with Crippen LogP contribution in [0.4, 0.5) is 4.79 Å². The van der Waals surface area contributed by atoms with Gasteiger partial charge in [0.15, 0.2) is 0 Å². The normalized spacial score (nSPS) is 16.3. The molecule has 0 aromatic heterocycles. The Balaban J connectivity index is 2.31. The van der Waals surface area contributed by atoms with Gasteiger partial charge >= 0.3 is 6.03 Å². The summed E-state index contributed by atoms with van der Waals surface area (Å²) < 4.78 is 24.4. The highest BCUT2D eigenvalue weighted by molar-refractivity contribution is 7.88. The lowest BCUT2D eigenvalue weighted by molar-refractivity contribution is 0.237. The third-order valence-corrected chi connectivity index (χ3v) is 3.75. The van der Waals surface area contributed by atoms with Crippen LogP contribution in [0.1, 0.15) is 26.7 Å². The molecule has 100 valence electrons. The summed E-state index contributed by atoms with van der Waals surface area (Å²) in [5.74, 6) is 0. The molecule has 0 atom stereocenters. The molecule has 0 unspecified atom stereocenters. The number of nitrogens with one attached hydrogen (secondary N) is 2. The van der Waals surface area contributed by atoms with Gasteiger partial charge < -0.3 is 10.6 Å². The van der Waals surface area contributed by atoms with E-state index in [0.29, 0.717) is 13.1 Å². The fourth-order valence-electron chi connectivity index (χ4n) is 1.57. The largest absolute Gasteiger partial charge is 0.337 e. The van der Waals surface area contributed by atoms with Crippen LogP contribution >= 0.6 is 0 Å². The number of carbonyl (C=O) groups excluding carboxylic acids is 1. The number of carbonyl (C=O) groups is 1. The van der Waals surface area contributed by atoms with Gasteiger partial charge in [-0.15, -0.1) is 0 Å². The number of hydrogen-bond acceptors (Lipinski definition) is 3. The van der Waals surface area contributed by atoms with Crippen LogP contribution < -0.4 is 10.6 Å². The minimum absolute atomic E-state index is 0.0736. The maximum absolute atomic E-state index is 11.5. The van der Waals surface area contributed by atoms with Crippen LogP contribution in [0.5, 0.6) is 0 Å². The van der Waals surface area contributed by atoms with Gasteiger partial charge in [-0.25, -0.2) is 13.2 Å². The Morgan fingerprint density at radius 3 is 2.41 bits per heavy atom. The molecule has 1 rings (SSSR count). The van der Waals surface area contributed by atoms with E-state index in [4.69, 9.17) is 0 Å². The van der Waals surface area contributed by atoms with Gasteiger partial charge in [0.2, 0.25) is 10.0 Å². The first-order valence-corrected chi connectivity index (χ1v) is 7.66. The first kappa shape index (κ1) is 14.2. The van der Waals surface area contributed by atoms with Gasteiger partial charge in [-0.3, -0.25) is 0 Å². The molecule has 0 aromatic carbocycles. The van der Waals surface area contributed by atoms with Crippen LogP contribution in [0.2, 0.25) is 0 Å². The fraction of sp³-hybridized carbons (Fsp3) is 0.900. The summed E-state index contributed by atoms with van der Waals surface area (Å²) >= 11 is 0. The Kier molecular flexibility index (Phi) is 4.76.